The van der Waals surface area contributed by atoms with E-state index in [2.05, 4.69) is 21.2 Å². The highest BCUT2D eigenvalue weighted by molar-refractivity contribution is 9.10. The van der Waals surface area contributed by atoms with E-state index in [1.165, 1.54) is 19.3 Å². The maximum atomic E-state index is 12.4. The van der Waals surface area contributed by atoms with Crippen molar-refractivity contribution in [2.45, 2.75) is 26.2 Å². The maximum absolute atomic E-state index is 12.4. The number of amides is 1. The maximum Gasteiger partial charge on any atom is 0.228 e. The Morgan fingerprint density at radius 1 is 1.26 bits per heavy atom. The minimum atomic E-state index is 0.257. The lowest BCUT2D eigenvalue weighted by Crippen LogP contribution is -2.19. The van der Waals surface area contributed by atoms with E-state index >= 15 is 0 Å². The lowest BCUT2D eigenvalue weighted by Gasteiger charge is -2.12. The van der Waals surface area contributed by atoms with Crippen LogP contribution < -0.4 is 5.32 Å². The Morgan fingerprint density at radius 3 is 2.63 bits per heavy atom. The highest BCUT2D eigenvalue weighted by atomic mass is 79.9. The zero-order valence-corrected chi connectivity index (χ0v) is 12.6. The van der Waals surface area contributed by atoms with E-state index in [0.717, 1.165) is 27.6 Å². The Bertz CT molecular complexity index is 540. The second-order valence-corrected chi connectivity index (χ2v) is 7.27. The van der Waals surface area contributed by atoms with Crippen molar-refractivity contribution in [2.24, 2.45) is 29.6 Å². The number of rotatable bonds is 2. The molecule has 1 N–H and O–H groups in total. The summed E-state index contributed by atoms with van der Waals surface area (Å²) in [4.78, 5) is 12.4. The smallest absolute Gasteiger partial charge is 0.228 e. The molecular weight excluding hydrogens is 302 g/mol. The number of hydrogen-bond donors (Lipinski definition) is 1. The molecule has 0 heterocycles. The van der Waals surface area contributed by atoms with Crippen molar-refractivity contribution in [2.75, 3.05) is 5.32 Å². The molecule has 0 radical (unpaired) electrons. The molecule has 1 aromatic carbocycles. The average Bonchev–Trinajstić information content (AvgIpc) is 2.84. The summed E-state index contributed by atoms with van der Waals surface area (Å²) in [5, 5.41) is 3.14. The number of carbonyl (C=O) groups excluding carboxylic acids is 1. The van der Waals surface area contributed by atoms with Crippen LogP contribution in [0.25, 0.3) is 0 Å². The van der Waals surface area contributed by atoms with Gasteiger partial charge < -0.3 is 5.32 Å². The Balaban J connectivity index is 1.50. The van der Waals surface area contributed by atoms with Crippen LogP contribution in [0.1, 0.15) is 24.8 Å². The van der Waals surface area contributed by atoms with Crippen molar-refractivity contribution in [3.63, 3.8) is 0 Å². The summed E-state index contributed by atoms with van der Waals surface area (Å²) in [7, 11) is 0. The second-order valence-electron chi connectivity index (χ2n) is 6.42. The number of halogens is 1. The van der Waals surface area contributed by atoms with Crippen molar-refractivity contribution in [3.8, 4) is 0 Å². The fraction of sp³-hybridized carbons (Fsp3) is 0.562. The van der Waals surface area contributed by atoms with E-state index in [1.54, 1.807) is 0 Å². The molecule has 3 aliphatic rings. The fourth-order valence-corrected chi connectivity index (χ4v) is 5.00. The van der Waals surface area contributed by atoms with Gasteiger partial charge in [-0.15, -0.1) is 0 Å². The van der Waals surface area contributed by atoms with Crippen LogP contribution in [-0.4, -0.2) is 5.91 Å². The van der Waals surface area contributed by atoms with Crippen LogP contribution in [-0.2, 0) is 4.79 Å². The first-order valence-corrected chi connectivity index (χ1v) is 8.02. The number of fused-ring (bicyclic) bond motifs is 5. The summed E-state index contributed by atoms with van der Waals surface area (Å²) in [5.74, 6) is 3.71. The molecule has 3 fully saturated rings. The van der Waals surface area contributed by atoms with Crippen LogP contribution >= 0.6 is 15.9 Å². The molecule has 3 heteroatoms. The molecular formula is C16H18BrNO. The summed E-state index contributed by atoms with van der Waals surface area (Å²) < 4.78 is 1.06. The summed E-state index contributed by atoms with van der Waals surface area (Å²) in [6.45, 7) is 2.04. The van der Waals surface area contributed by atoms with Gasteiger partial charge in [0.25, 0.3) is 0 Å². The largest absolute Gasteiger partial charge is 0.326 e. The van der Waals surface area contributed by atoms with Gasteiger partial charge in [-0.2, -0.15) is 0 Å². The molecule has 19 heavy (non-hydrogen) atoms. The molecule has 0 aromatic heterocycles. The lowest BCUT2D eigenvalue weighted by molar-refractivity contribution is -0.118. The molecule has 1 amide bonds. The molecule has 3 aliphatic carbocycles. The molecule has 0 spiro atoms. The van der Waals surface area contributed by atoms with Gasteiger partial charge in [-0.25, -0.2) is 0 Å². The van der Waals surface area contributed by atoms with E-state index in [9.17, 15) is 4.79 Å². The van der Waals surface area contributed by atoms with E-state index in [0.29, 0.717) is 17.8 Å². The third-order valence-electron chi connectivity index (χ3n) is 5.56. The average molecular weight is 320 g/mol. The number of benzene rings is 1. The molecule has 3 saturated carbocycles. The quantitative estimate of drug-likeness (QED) is 0.877. The number of carbonyl (C=O) groups is 1. The van der Waals surface area contributed by atoms with Crippen LogP contribution in [0.4, 0.5) is 5.69 Å². The van der Waals surface area contributed by atoms with Crippen LogP contribution in [0.15, 0.2) is 22.7 Å². The Labute approximate surface area is 122 Å². The van der Waals surface area contributed by atoms with Gasteiger partial charge in [0.1, 0.15) is 0 Å². The van der Waals surface area contributed by atoms with Crippen LogP contribution in [0.3, 0.4) is 0 Å². The standard InChI is InChI=1S/C16H18BrNO/c1-8-11(17)3-2-4-12(8)18-16(19)15-13-9-5-6-10(7-9)14(13)15/h2-4,9-10,13-15H,5-7H2,1H3,(H,18,19). The van der Waals surface area contributed by atoms with E-state index in [4.69, 9.17) is 0 Å². The molecule has 2 bridgehead atoms. The summed E-state index contributed by atoms with van der Waals surface area (Å²) in [6.07, 6.45) is 4.13. The fourth-order valence-electron chi connectivity index (χ4n) is 4.63. The first-order chi connectivity index (χ1) is 9.16. The molecule has 4 atom stereocenters. The summed E-state index contributed by atoms with van der Waals surface area (Å²) >= 11 is 3.52. The van der Waals surface area contributed by atoms with Crippen LogP contribution in [0, 0.1) is 36.5 Å². The predicted molar refractivity (Wildman–Crippen MR) is 78.8 cm³/mol. The van der Waals surface area contributed by atoms with Gasteiger partial charge in [0.2, 0.25) is 5.91 Å². The van der Waals surface area contributed by atoms with Crippen molar-refractivity contribution in [1.29, 1.82) is 0 Å². The topological polar surface area (TPSA) is 29.1 Å². The van der Waals surface area contributed by atoms with Gasteiger partial charge in [-0.05, 0) is 67.6 Å². The third-order valence-corrected chi connectivity index (χ3v) is 6.42. The summed E-state index contributed by atoms with van der Waals surface area (Å²) in [5.41, 5.74) is 2.07. The predicted octanol–water partition coefficient (Wildman–Crippen LogP) is 3.99. The normalized spacial score (nSPS) is 38.1. The van der Waals surface area contributed by atoms with E-state index in [-0.39, 0.29) is 5.91 Å². The van der Waals surface area contributed by atoms with Gasteiger partial charge in [-0.3, -0.25) is 4.79 Å². The van der Waals surface area contributed by atoms with Gasteiger partial charge in [0.05, 0.1) is 0 Å². The molecule has 1 aromatic rings. The van der Waals surface area contributed by atoms with Crippen molar-refractivity contribution in [1.82, 2.24) is 0 Å². The molecule has 4 unspecified atom stereocenters. The van der Waals surface area contributed by atoms with Crippen LogP contribution in [0.2, 0.25) is 0 Å². The molecule has 4 rings (SSSR count). The SMILES string of the molecule is Cc1c(Br)cccc1NC(=O)C1C2C3CCC(C3)C12. The minimum Gasteiger partial charge on any atom is -0.326 e. The van der Waals surface area contributed by atoms with Crippen LogP contribution in [0.5, 0.6) is 0 Å². The van der Waals surface area contributed by atoms with Crippen molar-refractivity contribution >= 4 is 27.5 Å². The van der Waals surface area contributed by atoms with E-state index < -0.39 is 0 Å². The minimum absolute atomic E-state index is 0.257. The Hall–Kier alpha value is -0.830. The highest BCUT2D eigenvalue weighted by Crippen LogP contribution is 2.69. The Kier molecular flexibility index (Phi) is 2.57. The van der Waals surface area contributed by atoms with E-state index in [1.807, 2.05) is 25.1 Å². The number of nitrogens with one attached hydrogen (secondary N) is 1. The van der Waals surface area contributed by atoms with Crippen molar-refractivity contribution in [3.05, 3.63) is 28.2 Å². The first kappa shape index (κ1) is 12.0. The van der Waals surface area contributed by atoms with Gasteiger partial charge in [-0.1, -0.05) is 22.0 Å². The monoisotopic (exact) mass is 319 g/mol. The van der Waals surface area contributed by atoms with Gasteiger partial charge in [0.15, 0.2) is 0 Å². The lowest BCUT2D eigenvalue weighted by atomic mass is 10.0. The number of hydrogen-bond acceptors (Lipinski definition) is 1. The van der Waals surface area contributed by atoms with Gasteiger partial charge >= 0.3 is 0 Å². The molecule has 100 valence electrons. The second kappa shape index (κ2) is 4.08. The highest BCUT2D eigenvalue weighted by Gasteiger charge is 2.67. The Morgan fingerprint density at radius 2 is 1.95 bits per heavy atom. The van der Waals surface area contributed by atoms with Crippen molar-refractivity contribution < 1.29 is 4.79 Å². The zero-order chi connectivity index (χ0) is 13.1. The zero-order valence-electron chi connectivity index (χ0n) is 11.0. The summed E-state index contributed by atoms with van der Waals surface area (Å²) in [6, 6.07) is 5.98. The van der Waals surface area contributed by atoms with Gasteiger partial charge in [0, 0.05) is 16.1 Å². The third kappa shape index (κ3) is 1.70. The number of anilines is 1. The first-order valence-electron chi connectivity index (χ1n) is 7.23. The molecule has 0 saturated heterocycles. The molecule has 2 nitrogen and oxygen atoms in total. The molecule has 0 aliphatic heterocycles.